The van der Waals surface area contributed by atoms with Crippen molar-refractivity contribution in [2.45, 2.75) is 6.18 Å². The number of anilines is 2. The van der Waals surface area contributed by atoms with Gasteiger partial charge in [-0.25, -0.2) is 14.1 Å². The van der Waals surface area contributed by atoms with E-state index >= 15 is 0 Å². The summed E-state index contributed by atoms with van der Waals surface area (Å²) in [6.45, 7) is 0. The first-order valence-electron chi connectivity index (χ1n) is 11.9. The second kappa shape index (κ2) is 11.3. The third kappa shape index (κ3) is 5.58. The van der Waals surface area contributed by atoms with Gasteiger partial charge in [-0.2, -0.15) is 18.3 Å². The number of methoxy groups -OCH3 is 1. The van der Waals surface area contributed by atoms with Crippen LogP contribution in [0.15, 0.2) is 72.9 Å². The van der Waals surface area contributed by atoms with Gasteiger partial charge in [0, 0.05) is 29.4 Å². The molecule has 2 amide bonds. The van der Waals surface area contributed by atoms with Gasteiger partial charge in [0.25, 0.3) is 11.8 Å². The number of halogens is 6. The standard InChI is InChI=1S/C28H17Cl2F4N5O3/c1-42-21-12-15(8-9-19(21)31)36-26(40)17-11-14-5-2-3-6-16(14)23(30)24(17)37-27(41)20-13-22(28(32,33)34)38-39(20)25-18(29)7-4-10-35-25/h2-13H,1H3,(H,36,40)(H,37,41). The lowest BCUT2D eigenvalue weighted by Gasteiger charge is -2.16. The number of nitrogens with zero attached hydrogens (tertiary/aromatic N) is 3. The SMILES string of the molecule is COc1cc(NC(=O)c2cc3ccccc3c(Cl)c2NC(=O)c2cc(C(F)(F)F)nn2-c2ncccc2Cl)ccc1F. The van der Waals surface area contributed by atoms with Crippen LogP contribution < -0.4 is 15.4 Å². The van der Waals surface area contributed by atoms with E-state index < -0.39 is 35.2 Å². The van der Waals surface area contributed by atoms with E-state index in [1.54, 1.807) is 24.3 Å². The van der Waals surface area contributed by atoms with E-state index in [1.807, 2.05) is 0 Å². The molecule has 42 heavy (non-hydrogen) atoms. The molecule has 0 saturated carbocycles. The maximum Gasteiger partial charge on any atom is 0.435 e. The van der Waals surface area contributed by atoms with Crippen LogP contribution in [-0.4, -0.2) is 33.7 Å². The Morgan fingerprint density at radius 3 is 2.43 bits per heavy atom. The van der Waals surface area contributed by atoms with Gasteiger partial charge in [0.05, 0.1) is 28.4 Å². The lowest BCUT2D eigenvalue weighted by Crippen LogP contribution is -2.21. The molecule has 0 unspecified atom stereocenters. The van der Waals surface area contributed by atoms with E-state index in [-0.39, 0.29) is 38.6 Å². The Morgan fingerprint density at radius 1 is 0.952 bits per heavy atom. The summed E-state index contributed by atoms with van der Waals surface area (Å²) in [5.41, 5.74) is -2.12. The summed E-state index contributed by atoms with van der Waals surface area (Å²) in [6.07, 6.45) is -3.63. The number of alkyl halides is 3. The van der Waals surface area contributed by atoms with Gasteiger partial charge in [0.15, 0.2) is 23.1 Å². The van der Waals surface area contributed by atoms with Crippen molar-refractivity contribution in [3.8, 4) is 11.6 Å². The molecule has 0 aliphatic heterocycles. The lowest BCUT2D eigenvalue weighted by atomic mass is 10.0. The van der Waals surface area contributed by atoms with Crippen LogP contribution in [0.25, 0.3) is 16.6 Å². The molecule has 0 bridgehead atoms. The molecule has 5 aromatic rings. The number of rotatable bonds is 6. The fourth-order valence-corrected chi connectivity index (χ4v) is 4.62. The van der Waals surface area contributed by atoms with E-state index in [0.29, 0.717) is 21.5 Å². The van der Waals surface area contributed by atoms with Crippen LogP contribution in [0.5, 0.6) is 5.75 Å². The molecule has 0 radical (unpaired) electrons. The van der Waals surface area contributed by atoms with Gasteiger partial charge < -0.3 is 15.4 Å². The molecule has 5 rings (SSSR count). The maximum absolute atomic E-state index is 13.9. The summed E-state index contributed by atoms with van der Waals surface area (Å²) in [5, 5.41) is 9.43. The molecule has 0 aliphatic carbocycles. The highest BCUT2D eigenvalue weighted by molar-refractivity contribution is 6.40. The predicted octanol–water partition coefficient (Wildman–Crippen LogP) is 7.40. The molecule has 0 saturated heterocycles. The van der Waals surface area contributed by atoms with Crippen molar-refractivity contribution in [3.63, 3.8) is 0 Å². The van der Waals surface area contributed by atoms with Gasteiger partial charge in [-0.05, 0) is 35.7 Å². The van der Waals surface area contributed by atoms with E-state index in [1.165, 1.54) is 43.6 Å². The van der Waals surface area contributed by atoms with Crippen molar-refractivity contribution in [2.75, 3.05) is 17.7 Å². The number of carbonyl (C=O) groups excluding carboxylic acids is 2. The first-order valence-corrected chi connectivity index (χ1v) is 12.7. The fraction of sp³-hybridized carbons (Fsp3) is 0.0714. The van der Waals surface area contributed by atoms with Crippen LogP contribution in [0, 0.1) is 5.82 Å². The Hall–Kier alpha value is -4.68. The summed E-state index contributed by atoms with van der Waals surface area (Å²) in [4.78, 5) is 31.0. The number of nitrogens with one attached hydrogen (secondary N) is 2. The molecule has 2 aromatic heterocycles. The highest BCUT2D eigenvalue weighted by atomic mass is 35.5. The smallest absolute Gasteiger partial charge is 0.435 e. The van der Waals surface area contributed by atoms with Crippen LogP contribution in [0.4, 0.5) is 28.9 Å². The molecular formula is C28H17Cl2F4N5O3. The average Bonchev–Trinajstić information content (AvgIpc) is 3.42. The molecular weight excluding hydrogens is 601 g/mol. The molecule has 2 heterocycles. The third-order valence-corrected chi connectivity index (χ3v) is 6.74. The van der Waals surface area contributed by atoms with Crippen LogP contribution in [-0.2, 0) is 6.18 Å². The lowest BCUT2D eigenvalue weighted by molar-refractivity contribution is -0.141. The minimum atomic E-state index is -4.90. The van der Waals surface area contributed by atoms with Crippen molar-refractivity contribution < 1.29 is 31.9 Å². The van der Waals surface area contributed by atoms with E-state index in [0.717, 1.165) is 6.07 Å². The molecule has 0 spiro atoms. The summed E-state index contributed by atoms with van der Waals surface area (Å²) in [5.74, 6) is -2.86. The number of benzene rings is 3. The summed E-state index contributed by atoms with van der Waals surface area (Å²) < 4.78 is 60.3. The summed E-state index contributed by atoms with van der Waals surface area (Å²) in [7, 11) is 1.26. The van der Waals surface area contributed by atoms with Crippen LogP contribution in [0.2, 0.25) is 10.0 Å². The molecule has 0 fully saturated rings. The van der Waals surface area contributed by atoms with Gasteiger partial charge in [0.1, 0.15) is 5.69 Å². The average molecular weight is 618 g/mol. The summed E-state index contributed by atoms with van der Waals surface area (Å²) >= 11 is 12.8. The number of fused-ring (bicyclic) bond motifs is 1. The molecule has 8 nitrogen and oxygen atoms in total. The van der Waals surface area contributed by atoms with E-state index in [9.17, 15) is 27.2 Å². The Bertz CT molecular complexity index is 1860. The largest absolute Gasteiger partial charge is 0.494 e. The third-order valence-electron chi connectivity index (χ3n) is 6.05. The van der Waals surface area contributed by atoms with Crippen molar-refractivity contribution in [1.82, 2.24) is 14.8 Å². The van der Waals surface area contributed by atoms with Crippen molar-refractivity contribution >= 4 is 57.2 Å². The van der Waals surface area contributed by atoms with Gasteiger partial charge in [-0.15, -0.1) is 0 Å². The summed E-state index contributed by atoms with van der Waals surface area (Å²) in [6, 6.07) is 15.1. The molecule has 214 valence electrons. The Kier molecular flexibility index (Phi) is 7.76. The normalized spacial score (nSPS) is 11.4. The van der Waals surface area contributed by atoms with Crippen molar-refractivity contribution in [1.29, 1.82) is 0 Å². The van der Waals surface area contributed by atoms with Crippen molar-refractivity contribution in [2.24, 2.45) is 0 Å². The number of ether oxygens (including phenoxy) is 1. The number of carbonyl (C=O) groups is 2. The monoisotopic (exact) mass is 617 g/mol. The van der Waals surface area contributed by atoms with Crippen molar-refractivity contribution in [3.05, 3.63) is 106 Å². The Labute approximate surface area is 244 Å². The zero-order chi connectivity index (χ0) is 30.2. The second-order valence-electron chi connectivity index (χ2n) is 8.73. The molecule has 0 aliphatic rings. The fourth-order valence-electron chi connectivity index (χ4n) is 4.09. The highest BCUT2D eigenvalue weighted by Crippen LogP contribution is 2.36. The van der Waals surface area contributed by atoms with E-state index in [4.69, 9.17) is 27.9 Å². The maximum atomic E-state index is 13.9. The number of amides is 2. The van der Waals surface area contributed by atoms with Gasteiger partial charge in [0.2, 0.25) is 0 Å². The van der Waals surface area contributed by atoms with E-state index in [2.05, 4.69) is 20.7 Å². The molecule has 14 heteroatoms. The first kappa shape index (κ1) is 28.8. The minimum absolute atomic E-state index is 0.0544. The number of pyridine rings is 1. The van der Waals surface area contributed by atoms with Crippen LogP contribution in [0.1, 0.15) is 26.5 Å². The zero-order valence-corrected chi connectivity index (χ0v) is 22.8. The zero-order valence-electron chi connectivity index (χ0n) is 21.3. The van der Waals surface area contributed by atoms with Crippen LogP contribution >= 0.6 is 23.2 Å². The quantitative estimate of drug-likeness (QED) is 0.193. The highest BCUT2D eigenvalue weighted by Gasteiger charge is 2.37. The molecule has 0 atom stereocenters. The Morgan fingerprint density at radius 2 is 1.71 bits per heavy atom. The topological polar surface area (TPSA) is 98.1 Å². The van der Waals surface area contributed by atoms with Crippen LogP contribution in [0.3, 0.4) is 0 Å². The van der Waals surface area contributed by atoms with Gasteiger partial charge >= 0.3 is 6.18 Å². The number of hydrogen-bond acceptors (Lipinski definition) is 5. The van der Waals surface area contributed by atoms with Gasteiger partial charge in [-0.1, -0.05) is 47.5 Å². The minimum Gasteiger partial charge on any atom is -0.494 e. The van der Waals surface area contributed by atoms with Gasteiger partial charge in [-0.3, -0.25) is 9.59 Å². The Balaban J connectivity index is 1.60. The number of hydrogen-bond donors (Lipinski definition) is 2. The predicted molar refractivity (Wildman–Crippen MR) is 149 cm³/mol. The number of aromatic nitrogens is 3. The molecule has 2 N–H and O–H groups in total. The first-order chi connectivity index (χ1) is 20.0. The molecule has 3 aromatic carbocycles. The second-order valence-corrected chi connectivity index (χ2v) is 9.51.